The first kappa shape index (κ1) is 37.7. The Morgan fingerprint density at radius 1 is 0.367 bits per heavy atom. The zero-order valence-electron chi connectivity index (χ0n) is 33.2. The van der Waals surface area contributed by atoms with E-state index in [0.717, 1.165) is 112 Å². The van der Waals surface area contributed by atoms with E-state index in [-0.39, 0.29) is 0 Å². The normalized spacial score (nSPS) is 11.7. The number of fused-ring (bicyclic) bond motifs is 8. The molecule has 8 nitrogen and oxygen atoms in total. The van der Waals surface area contributed by atoms with Gasteiger partial charge in [-0.25, -0.2) is 9.97 Å². The number of aromatic nitrogens is 8. The summed E-state index contributed by atoms with van der Waals surface area (Å²) in [5, 5.41) is 0. The van der Waals surface area contributed by atoms with E-state index in [1.165, 1.54) is 0 Å². The number of hydrogen-bond donors (Lipinski definition) is 2. The van der Waals surface area contributed by atoms with Crippen LogP contribution in [0.25, 0.3) is 91.4 Å². The fourth-order valence-corrected chi connectivity index (χ4v) is 8.14. The van der Waals surface area contributed by atoms with Crippen molar-refractivity contribution in [3.8, 4) is 45.0 Å². The molecule has 0 saturated heterocycles. The first-order chi connectivity index (χ1) is 29.6. The van der Waals surface area contributed by atoms with Crippen molar-refractivity contribution in [3.63, 3.8) is 0 Å². The Kier molecular flexibility index (Phi) is 10.4. The molecule has 0 fully saturated rings. The van der Waals surface area contributed by atoms with E-state index in [1.807, 2.05) is 73.4 Å². The van der Waals surface area contributed by atoms with Crippen LogP contribution in [0.4, 0.5) is 0 Å². The molecule has 2 N–H and O–H groups in total. The molecule has 9 rings (SSSR count). The summed E-state index contributed by atoms with van der Waals surface area (Å²) in [5.41, 5.74) is 17.3. The smallest absolute Gasteiger partial charge is 0.0779 e. The van der Waals surface area contributed by atoms with E-state index in [1.54, 1.807) is 0 Å². The number of nitrogens with zero attached hydrogens (tertiary/aromatic N) is 6. The highest BCUT2D eigenvalue weighted by atomic mass is 14.8. The lowest BCUT2D eigenvalue weighted by Crippen LogP contribution is -1.97. The molecule has 9 heterocycles. The Bertz CT molecular complexity index is 2680. The fourth-order valence-electron chi connectivity index (χ4n) is 8.14. The van der Waals surface area contributed by atoms with Gasteiger partial charge in [0, 0.05) is 47.0 Å². The predicted octanol–water partition coefficient (Wildman–Crippen LogP) is 11.8. The third kappa shape index (κ3) is 6.94. The minimum atomic E-state index is 0.634. The molecule has 7 aromatic rings. The molecule has 60 heavy (non-hydrogen) atoms. The summed E-state index contributed by atoms with van der Waals surface area (Å²) in [4.78, 5) is 38.5. The van der Waals surface area contributed by atoms with Gasteiger partial charge in [-0.3, -0.25) is 19.9 Å². The summed E-state index contributed by atoms with van der Waals surface area (Å²) in [5.74, 6) is 0. The molecule has 7 aromatic heterocycles. The Hall–Kier alpha value is -7.84. The van der Waals surface area contributed by atoms with Crippen molar-refractivity contribution in [1.82, 2.24) is 39.9 Å². The SMILES string of the molecule is C=CCc1cccnc1-c1c2nc(c(-c3ncccc3CC=C)c3ccc([nH]3)c(-c3ncccc3CC=C)c3nc(c(-c4ncccc4CC=C)c4ccc1[nH]4)C=C3)C=C2. The molecule has 2 aliphatic heterocycles. The van der Waals surface area contributed by atoms with E-state index in [0.29, 0.717) is 25.7 Å². The molecule has 0 atom stereocenters. The van der Waals surface area contributed by atoms with Gasteiger partial charge in [0.05, 0.1) is 67.6 Å². The number of pyridine rings is 4. The molecule has 0 spiro atoms. The zero-order valence-corrected chi connectivity index (χ0v) is 33.2. The van der Waals surface area contributed by atoms with Crippen LogP contribution in [0, 0.1) is 0 Å². The van der Waals surface area contributed by atoms with Gasteiger partial charge >= 0.3 is 0 Å². The molecular formula is C52H42N8. The lowest BCUT2D eigenvalue weighted by molar-refractivity contribution is 1.18. The van der Waals surface area contributed by atoms with Crippen LogP contribution >= 0.6 is 0 Å². The van der Waals surface area contributed by atoms with Gasteiger partial charge in [-0.2, -0.15) is 0 Å². The van der Waals surface area contributed by atoms with Crippen molar-refractivity contribution >= 4 is 46.4 Å². The Labute approximate surface area is 349 Å². The Balaban J connectivity index is 1.51. The standard InChI is InChI=1S/C52H42N8/c1-5-13-33-17-9-29-53-49(33)45-37-21-23-39(57-37)46(50-34(14-6-2)18-10-30-54-50)41-25-27-43(59-41)48(52-36(16-8-4)20-12-32-56-52)44-28-26-42(60-44)47(40-24-22-38(45)58-40)51-35(15-7-3)19-11-31-55-51/h5-12,17-32,57,60H,1-4,13-16H2. The summed E-state index contributed by atoms with van der Waals surface area (Å²) in [6.45, 7) is 16.2. The van der Waals surface area contributed by atoms with Gasteiger partial charge in [-0.1, -0.05) is 48.6 Å². The summed E-state index contributed by atoms with van der Waals surface area (Å²) >= 11 is 0. The van der Waals surface area contributed by atoms with Gasteiger partial charge in [0.15, 0.2) is 0 Å². The maximum Gasteiger partial charge on any atom is 0.0779 e. The van der Waals surface area contributed by atoms with Crippen LogP contribution in [0.3, 0.4) is 0 Å². The second-order valence-electron chi connectivity index (χ2n) is 14.5. The number of rotatable bonds is 12. The lowest BCUT2D eigenvalue weighted by atomic mass is 10.0. The molecule has 8 bridgehead atoms. The third-order valence-electron chi connectivity index (χ3n) is 10.7. The maximum absolute atomic E-state index is 5.45. The van der Waals surface area contributed by atoms with Crippen LogP contribution in [-0.2, 0) is 25.7 Å². The van der Waals surface area contributed by atoms with Crippen LogP contribution in [-0.4, -0.2) is 39.9 Å². The summed E-state index contributed by atoms with van der Waals surface area (Å²) < 4.78 is 0. The molecule has 0 aromatic carbocycles. The van der Waals surface area contributed by atoms with E-state index in [4.69, 9.17) is 29.9 Å². The van der Waals surface area contributed by atoms with Crippen LogP contribution < -0.4 is 0 Å². The maximum atomic E-state index is 5.45. The molecule has 0 amide bonds. The van der Waals surface area contributed by atoms with E-state index in [9.17, 15) is 0 Å². The minimum absolute atomic E-state index is 0.634. The average Bonchev–Trinajstić information content (AvgIpc) is 4.12. The van der Waals surface area contributed by atoms with Crippen molar-refractivity contribution in [1.29, 1.82) is 0 Å². The molecule has 8 heteroatoms. The number of allylic oxidation sites excluding steroid dienone is 4. The Morgan fingerprint density at radius 2 is 0.617 bits per heavy atom. The first-order valence-electron chi connectivity index (χ1n) is 20.0. The number of nitrogens with one attached hydrogen (secondary N) is 2. The number of hydrogen-bond acceptors (Lipinski definition) is 6. The third-order valence-corrected chi connectivity index (χ3v) is 10.7. The van der Waals surface area contributed by atoms with Gasteiger partial charge in [-0.05, 0) is 121 Å². The van der Waals surface area contributed by atoms with Crippen molar-refractivity contribution in [2.45, 2.75) is 25.7 Å². The van der Waals surface area contributed by atoms with Crippen molar-refractivity contribution in [2.24, 2.45) is 0 Å². The van der Waals surface area contributed by atoms with Gasteiger partial charge in [0.2, 0.25) is 0 Å². The average molecular weight is 779 g/mol. The van der Waals surface area contributed by atoms with Crippen molar-refractivity contribution < 1.29 is 0 Å². The highest BCUT2D eigenvalue weighted by molar-refractivity contribution is 5.99. The highest BCUT2D eigenvalue weighted by Crippen LogP contribution is 2.39. The molecular weight excluding hydrogens is 737 g/mol. The Morgan fingerprint density at radius 3 is 0.850 bits per heavy atom. The van der Waals surface area contributed by atoms with Crippen LogP contribution in [0.2, 0.25) is 0 Å². The highest BCUT2D eigenvalue weighted by Gasteiger charge is 2.23. The van der Waals surface area contributed by atoms with Crippen molar-refractivity contribution in [2.75, 3.05) is 0 Å². The fraction of sp³-hybridized carbons (Fsp3) is 0.0769. The van der Waals surface area contributed by atoms with Crippen LogP contribution in [0.5, 0.6) is 0 Å². The second-order valence-corrected chi connectivity index (χ2v) is 14.5. The van der Waals surface area contributed by atoms with Gasteiger partial charge in [-0.15, -0.1) is 26.3 Å². The zero-order chi connectivity index (χ0) is 41.0. The molecule has 0 radical (unpaired) electrons. The second kappa shape index (κ2) is 16.6. The monoisotopic (exact) mass is 778 g/mol. The quantitative estimate of drug-likeness (QED) is 0.120. The molecule has 0 saturated carbocycles. The van der Waals surface area contributed by atoms with E-state index >= 15 is 0 Å². The number of aromatic amines is 2. The largest absolute Gasteiger partial charge is 0.354 e. The van der Waals surface area contributed by atoms with Gasteiger partial charge < -0.3 is 9.97 Å². The number of H-pyrrole nitrogens is 2. The van der Waals surface area contributed by atoms with Crippen molar-refractivity contribution in [3.05, 3.63) is 193 Å². The molecule has 0 aliphatic carbocycles. The molecule has 2 aliphatic rings. The van der Waals surface area contributed by atoms with Gasteiger partial charge in [0.1, 0.15) is 0 Å². The van der Waals surface area contributed by atoms with Crippen LogP contribution in [0.1, 0.15) is 45.0 Å². The summed E-state index contributed by atoms with van der Waals surface area (Å²) in [6, 6.07) is 24.6. The summed E-state index contributed by atoms with van der Waals surface area (Å²) in [7, 11) is 0. The van der Waals surface area contributed by atoms with E-state index in [2.05, 4.69) is 109 Å². The summed E-state index contributed by atoms with van der Waals surface area (Å²) in [6.07, 6.45) is 25.7. The topological polar surface area (TPSA) is 109 Å². The minimum Gasteiger partial charge on any atom is -0.354 e. The van der Waals surface area contributed by atoms with Gasteiger partial charge in [0.25, 0.3) is 0 Å². The molecule has 290 valence electrons. The first-order valence-corrected chi connectivity index (χ1v) is 20.0. The van der Waals surface area contributed by atoms with E-state index < -0.39 is 0 Å². The van der Waals surface area contributed by atoms with Crippen LogP contribution in [0.15, 0.2) is 148 Å². The predicted molar refractivity (Wildman–Crippen MR) is 247 cm³/mol. The lowest BCUT2D eigenvalue weighted by Gasteiger charge is -2.10. The molecule has 0 unspecified atom stereocenters.